The molecule has 0 saturated carbocycles. The lowest BCUT2D eigenvalue weighted by Gasteiger charge is -2.08. The van der Waals surface area contributed by atoms with Crippen molar-refractivity contribution in [1.82, 2.24) is 0 Å². The summed E-state index contributed by atoms with van der Waals surface area (Å²) in [5.74, 6) is -1.05. The van der Waals surface area contributed by atoms with Gasteiger partial charge in [-0.2, -0.15) is 5.26 Å². The van der Waals surface area contributed by atoms with Crippen molar-refractivity contribution in [2.24, 2.45) is 0 Å². The van der Waals surface area contributed by atoms with E-state index in [-0.39, 0.29) is 0 Å². The van der Waals surface area contributed by atoms with Crippen molar-refractivity contribution in [3.8, 4) is 6.07 Å². The zero-order valence-electron chi connectivity index (χ0n) is 12.9. The third-order valence-electron chi connectivity index (χ3n) is 3.11. The lowest BCUT2D eigenvalue weighted by Crippen LogP contribution is -2.21. The summed E-state index contributed by atoms with van der Waals surface area (Å²) >= 11 is 0. The summed E-state index contributed by atoms with van der Waals surface area (Å²) in [7, 11) is 0. The quantitative estimate of drug-likeness (QED) is 0.881. The number of amides is 1. The van der Waals surface area contributed by atoms with E-state index in [1.807, 2.05) is 26.0 Å². The average molecular weight is 308 g/mol. The van der Waals surface area contributed by atoms with Gasteiger partial charge < -0.3 is 10.1 Å². The molecule has 1 amide bonds. The predicted octanol–water partition coefficient (Wildman–Crippen LogP) is 2.97. The Morgan fingerprint density at radius 1 is 1.13 bits per heavy atom. The van der Waals surface area contributed by atoms with E-state index in [0.717, 1.165) is 11.1 Å². The van der Waals surface area contributed by atoms with Crippen LogP contribution in [0.4, 0.5) is 5.69 Å². The Balaban J connectivity index is 1.96. The molecule has 0 aromatic heterocycles. The first-order chi connectivity index (χ1) is 11.0. The van der Waals surface area contributed by atoms with Crippen LogP contribution in [0.3, 0.4) is 0 Å². The Labute approximate surface area is 134 Å². The molecular formula is C18H16N2O3. The number of nitriles is 1. The van der Waals surface area contributed by atoms with Gasteiger partial charge >= 0.3 is 5.97 Å². The fourth-order valence-corrected chi connectivity index (χ4v) is 2.18. The minimum atomic E-state index is -0.555. The molecule has 23 heavy (non-hydrogen) atoms. The minimum Gasteiger partial charge on any atom is -0.452 e. The van der Waals surface area contributed by atoms with Crippen molar-refractivity contribution in [1.29, 1.82) is 5.26 Å². The van der Waals surface area contributed by atoms with E-state index < -0.39 is 18.5 Å². The standard InChI is InChI=1S/C18H16N2O3/c1-12-7-13(2)9-15(8-12)18(22)23-11-17(21)20-16-6-4-3-5-14(16)10-19/h3-9H,11H2,1-2H3,(H,20,21). The highest BCUT2D eigenvalue weighted by molar-refractivity contribution is 5.96. The highest BCUT2D eigenvalue weighted by Crippen LogP contribution is 2.13. The molecule has 0 saturated heterocycles. The van der Waals surface area contributed by atoms with Gasteiger partial charge in [-0.05, 0) is 38.1 Å². The van der Waals surface area contributed by atoms with Gasteiger partial charge in [0.15, 0.2) is 6.61 Å². The van der Waals surface area contributed by atoms with Gasteiger partial charge in [-0.3, -0.25) is 4.79 Å². The number of rotatable bonds is 4. The number of esters is 1. The largest absolute Gasteiger partial charge is 0.452 e. The third-order valence-corrected chi connectivity index (χ3v) is 3.11. The zero-order valence-corrected chi connectivity index (χ0v) is 12.9. The van der Waals surface area contributed by atoms with Crippen LogP contribution in [0.5, 0.6) is 0 Å². The predicted molar refractivity (Wildman–Crippen MR) is 86.0 cm³/mol. The van der Waals surface area contributed by atoms with Crippen LogP contribution in [0, 0.1) is 25.2 Å². The number of hydrogen-bond donors (Lipinski definition) is 1. The number of ether oxygens (including phenoxy) is 1. The second kappa shape index (κ2) is 7.23. The molecule has 5 heteroatoms. The van der Waals surface area contributed by atoms with Crippen molar-refractivity contribution in [3.63, 3.8) is 0 Å². The lowest BCUT2D eigenvalue weighted by molar-refractivity contribution is -0.119. The SMILES string of the molecule is Cc1cc(C)cc(C(=O)OCC(=O)Nc2ccccc2C#N)c1. The van der Waals surface area contributed by atoms with E-state index >= 15 is 0 Å². The molecule has 0 bridgehead atoms. The lowest BCUT2D eigenvalue weighted by atomic mass is 10.1. The second-order valence-corrected chi connectivity index (χ2v) is 5.16. The first-order valence-corrected chi connectivity index (χ1v) is 7.04. The molecule has 0 radical (unpaired) electrons. The maximum Gasteiger partial charge on any atom is 0.338 e. The fraction of sp³-hybridized carbons (Fsp3) is 0.167. The highest BCUT2D eigenvalue weighted by Gasteiger charge is 2.12. The van der Waals surface area contributed by atoms with Crippen LogP contribution in [0.1, 0.15) is 27.0 Å². The van der Waals surface area contributed by atoms with Crippen molar-refractivity contribution in [2.45, 2.75) is 13.8 Å². The van der Waals surface area contributed by atoms with Gasteiger partial charge in [0.25, 0.3) is 5.91 Å². The van der Waals surface area contributed by atoms with Crippen molar-refractivity contribution in [2.75, 3.05) is 11.9 Å². The van der Waals surface area contributed by atoms with Crippen LogP contribution < -0.4 is 5.32 Å². The smallest absolute Gasteiger partial charge is 0.338 e. The van der Waals surface area contributed by atoms with Crippen LogP contribution >= 0.6 is 0 Å². The summed E-state index contributed by atoms with van der Waals surface area (Å²) in [6.07, 6.45) is 0. The van der Waals surface area contributed by atoms with E-state index in [4.69, 9.17) is 10.00 Å². The molecule has 2 rings (SSSR count). The summed E-state index contributed by atoms with van der Waals surface area (Å²) in [5, 5.41) is 11.5. The summed E-state index contributed by atoms with van der Waals surface area (Å²) in [4.78, 5) is 23.8. The normalized spacial score (nSPS) is 9.78. The summed E-state index contributed by atoms with van der Waals surface area (Å²) in [6.45, 7) is 3.36. The molecular weight excluding hydrogens is 292 g/mol. The summed E-state index contributed by atoms with van der Waals surface area (Å²) in [5.41, 5.74) is 3.05. The van der Waals surface area contributed by atoms with Crippen molar-refractivity contribution < 1.29 is 14.3 Å². The molecule has 0 aliphatic carbocycles. The van der Waals surface area contributed by atoms with Gasteiger partial charge in [-0.25, -0.2) is 4.79 Å². The number of hydrogen-bond acceptors (Lipinski definition) is 4. The molecule has 2 aromatic rings. The zero-order chi connectivity index (χ0) is 16.8. The van der Waals surface area contributed by atoms with E-state index in [1.165, 1.54) is 0 Å². The van der Waals surface area contributed by atoms with E-state index in [1.54, 1.807) is 36.4 Å². The second-order valence-electron chi connectivity index (χ2n) is 5.16. The van der Waals surface area contributed by atoms with Gasteiger partial charge in [-0.1, -0.05) is 29.3 Å². The topological polar surface area (TPSA) is 79.2 Å². The van der Waals surface area contributed by atoms with Crippen LogP contribution in [-0.2, 0) is 9.53 Å². The summed E-state index contributed by atoms with van der Waals surface area (Å²) < 4.78 is 5.01. The van der Waals surface area contributed by atoms with E-state index in [0.29, 0.717) is 16.8 Å². The van der Waals surface area contributed by atoms with Gasteiger partial charge in [0, 0.05) is 0 Å². The van der Waals surface area contributed by atoms with Gasteiger partial charge in [0.05, 0.1) is 16.8 Å². The molecule has 0 heterocycles. The number of anilines is 1. The highest BCUT2D eigenvalue weighted by atomic mass is 16.5. The van der Waals surface area contributed by atoms with Gasteiger partial charge in [0.2, 0.25) is 0 Å². The molecule has 5 nitrogen and oxygen atoms in total. The number of nitrogens with zero attached hydrogens (tertiary/aromatic N) is 1. The Kier molecular flexibility index (Phi) is 5.11. The Morgan fingerprint density at radius 3 is 2.43 bits per heavy atom. The maximum atomic E-state index is 12.0. The van der Waals surface area contributed by atoms with Crippen molar-refractivity contribution in [3.05, 3.63) is 64.7 Å². The Bertz CT molecular complexity index is 771. The van der Waals surface area contributed by atoms with Crippen LogP contribution in [-0.4, -0.2) is 18.5 Å². The molecule has 0 fully saturated rings. The van der Waals surface area contributed by atoms with E-state index in [2.05, 4.69) is 5.32 Å². The van der Waals surface area contributed by atoms with Gasteiger partial charge in [-0.15, -0.1) is 0 Å². The first-order valence-electron chi connectivity index (χ1n) is 7.04. The molecule has 0 aliphatic rings. The van der Waals surface area contributed by atoms with E-state index in [9.17, 15) is 9.59 Å². The molecule has 116 valence electrons. The number of carbonyl (C=O) groups excluding carboxylic acids is 2. The third kappa shape index (κ3) is 4.42. The Hall–Kier alpha value is -3.13. The first kappa shape index (κ1) is 16.2. The maximum absolute atomic E-state index is 12.0. The monoisotopic (exact) mass is 308 g/mol. The molecule has 2 aromatic carbocycles. The number of benzene rings is 2. The number of aryl methyl sites for hydroxylation is 2. The molecule has 0 atom stereocenters. The van der Waals surface area contributed by atoms with Crippen LogP contribution in [0.25, 0.3) is 0 Å². The number of nitrogens with one attached hydrogen (secondary N) is 1. The minimum absolute atomic E-state index is 0.349. The van der Waals surface area contributed by atoms with Crippen LogP contribution in [0.15, 0.2) is 42.5 Å². The van der Waals surface area contributed by atoms with Crippen molar-refractivity contribution >= 4 is 17.6 Å². The molecule has 0 unspecified atom stereocenters. The molecule has 0 spiro atoms. The summed E-state index contributed by atoms with van der Waals surface area (Å²) in [6, 6.07) is 14.0. The average Bonchev–Trinajstić information content (AvgIpc) is 2.52. The number of carbonyl (C=O) groups is 2. The number of para-hydroxylation sites is 1. The van der Waals surface area contributed by atoms with Crippen LogP contribution in [0.2, 0.25) is 0 Å². The van der Waals surface area contributed by atoms with Gasteiger partial charge in [0.1, 0.15) is 6.07 Å². The fourth-order valence-electron chi connectivity index (χ4n) is 2.18. The Morgan fingerprint density at radius 2 is 1.78 bits per heavy atom. The molecule has 1 N–H and O–H groups in total. The molecule has 0 aliphatic heterocycles.